The number of amides is 1. The molecule has 0 aliphatic carbocycles. The van der Waals surface area contributed by atoms with E-state index < -0.39 is 0 Å². The molecule has 0 spiro atoms. The lowest BCUT2D eigenvalue weighted by Gasteiger charge is -2.21. The molecular formula is C17H23N5O2. The first-order valence-electron chi connectivity index (χ1n) is 8.25. The number of carbonyl (C=O) groups excluding carboxylic acids is 1. The van der Waals surface area contributed by atoms with Gasteiger partial charge >= 0.3 is 0 Å². The number of benzene rings is 1. The average molecular weight is 329 g/mol. The summed E-state index contributed by atoms with van der Waals surface area (Å²) >= 11 is 0. The summed E-state index contributed by atoms with van der Waals surface area (Å²) < 4.78 is 5.04. The molecule has 7 heteroatoms. The van der Waals surface area contributed by atoms with Gasteiger partial charge in [-0.2, -0.15) is 4.98 Å². The smallest absolute Gasteiger partial charge is 0.253 e. The molecule has 0 bridgehead atoms. The normalized spacial score (nSPS) is 16.2. The van der Waals surface area contributed by atoms with Gasteiger partial charge in [-0.1, -0.05) is 22.9 Å². The summed E-state index contributed by atoms with van der Waals surface area (Å²) in [6.07, 6.45) is 0.930. The summed E-state index contributed by atoms with van der Waals surface area (Å²) in [6, 6.07) is 7.75. The summed E-state index contributed by atoms with van der Waals surface area (Å²) in [5.41, 5.74) is 7.35. The number of hydrogen-bond donors (Lipinski definition) is 1. The Bertz CT molecular complexity index is 700. The quantitative estimate of drug-likeness (QED) is 0.906. The highest BCUT2D eigenvalue weighted by Crippen LogP contribution is 2.12. The third kappa shape index (κ3) is 3.98. The van der Waals surface area contributed by atoms with E-state index in [0.29, 0.717) is 24.8 Å². The molecule has 0 radical (unpaired) electrons. The van der Waals surface area contributed by atoms with E-state index in [1.165, 1.54) is 0 Å². The maximum Gasteiger partial charge on any atom is 0.253 e. The van der Waals surface area contributed by atoms with Crippen molar-refractivity contribution in [2.24, 2.45) is 5.73 Å². The molecular weight excluding hydrogens is 306 g/mol. The Hall–Kier alpha value is -2.25. The lowest BCUT2D eigenvalue weighted by molar-refractivity contribution is 0.0761. The van der Waals surface area contributed by atoms with Gasteiger partial charge in [0.15, 0.2) is 5.82 Å². The van der Waals surface area contributed by atoms with Crippen molar-refractivity contribution < 1.29 is 9.32 Å². The van der Waals surface area contributed by atoms with E-state index in [0.717, 1.165) is 37.2 Å². The predicted octanol–water partition coefficient (Wildman–Crippen LogP) is 1.18. The van der Waals surface area contributed by atoms with E-state index in [9.17, 15) is 4.79 Å². The van der Waals surface area contributed by atoms with Crippen molar-refractivity contribution >= 4 is 5.91 Å². The van der Waals surface area contributed by atoms with Gasteiger partial charge in [0.05, 0.1) is 13.1 Å². The summed E-state index contributed by atoms with van der Waals surface area (Å²) in [7, 11) is 0. The van der Waals surface area contributed by atoms with E-state index in [2.05, 4.69) is 15.0 Å². The lowest BCUT2D eigenvalue weighted by atomic mass is 10.1. The number of carbonyl (C=O) groups is 1. The SMILES string of the molecule is Cc1cccc(C(=O)N2CCCN(Cc3noc(CN)n3)CC2)c1. The van der Waals surface area contributed by atoms with Crippen LogP contribution in [0, 0.1) is 6.92 Å². The molecule has 1 fully saturated rings. The zero-order chi connectivity index (χ0) is 16.9. The summed E-state index contributed by atoms with van der Waals surface area (Å²) in [5.74, 6) is 1.20. The van der Waals surface area contributed by atoms with Gasteiger partial charge in [-0.15, -0.1) is 0 Å². The lowest BCUT2D eigenvalue weighted by Crippen LogP contribution is -2.35. The van der Waals surface area contributed by atoms with E-state index in [4.69, 9.17) is 10.3 Å². The molecule has 1 aromatic heterocycles. The Morgan fingerprint density at radius 2 is 2.17 bits per heavy atom. The Balaban J connectivity index is 1.59. The van der Waals surface area contributed by atoms with E-state index in [1.54, 1.807) is 0 Å². The van der Waals surface area contributed by atoms with Gasteiger partial charge in [0, 0.05) is 31.7 Å². The highest BCUT2D eigenvalue weighted by atomic mass is 16.5. The second-order valence-electron chi connectivity index (χ2n) is 6.10. The number of hydrogen-bond acceptors (Lipinski definition) is 6. The van der Waals surface area contributed by atoms with Crippen molar-refractivity contribution in [1.29, 1.82) is 0 Å². The minimum absolute atomic E-state index is 0.102. The Morgan fingerprint density at radius 3 is 2.92 bits per heavy atom. The largest absolute Gasteiger partial charge is 0.338 e. The number of aromatic nitrogens is 2. The highest BCUT2D eigenvalue weighted by molar-refractivity contribution is 5.94. The van der Waals surface area contributed by atoms with Crippen LogP contribution in [0.4, 0.5) is 0 Å². The first-order valence-corrected chi connectivity index (χ1v) is 8.25. The van der Waals surface area contributed by atoms with Gasteiger partial charge in [0.25, 0.3) is 5.91 Å². The molecule has 3 rings (SSSR count). The van der Waals surface area contributed by atoms with Crippen LogP contribution in [0.5, 0.6) is 0 Å². The molecule has 2 N–H and O–H groups in total. The van der Waals surface area contributed by atoms with Crippen LogP contribution < -0.4 is 5.73 Å². The fourth-order valence-corrected chi connectivity index (χ4v) is 2.93. The monoisotopic (exact) mass is 329 g/mol. The minimum atomic E-state index is 0.102. The molecule has 0 saturated carbocycles. The third-order valence-corrected chi connectivity index (χ3v) is 4.19. The molecule has 1 aromatic carbocycles. The van der Waals surface area contributed by atoms with Crippen LogP contribution in [0.2, 0.25) is 0 Å². The molecule has 128 valence electrons. The van der Waals surface area contributed by atoms with E-state index >= 15 is 0 Å². The van der Waals surface area contributed by atoms with Crippen LogP contribution in [0.3, 0.4) is 0 Å². The van der Waals surface area contributed by atoms with Crippen LogP contribution in [0.1, 0.15) is 34.1 Å². The Morgan fingerprint density at radius 1 is 1.29 bits per heavy atom. The van der Waals surface area contributed by atoms with Crippen molar-refractivity contribution in [3.63, 3.8) is 0 Å². The van der Waals surface area contributed by atoms with Crippen molar-refractivity contribution in [1.82, 2.24) is 19.9 Å². The molecule has 7 nitrogen and oxygen atoms in total. The molecule has 1 aliphatic rings. The zero-order valence-corrected chi connectivity index (χ0v) is 13.9. The topological polar surface area (TPSA) is 88.5 Å². The van der Waals surface area contributed by atoms with Crippen molar-refractivity contribution in [3.8, 4) is 0 Å². The van der Waals surface area contributed by atoms with Crippen LogP contribution in [-0.4, -0.2) is 52.0 Å². The molecule has 1 amide bonds. The van der Waals surface area contributed by atoms with Gasteiger partial charge in [-0.25, -0.2) is 0 Å². The van der Waals surface area contributed by atoms with E-state index in [-0.39, 0.29) is 12.5 Å². The van der Waals surface area contributed by atoms with Crippen LogP contribution in [0.25, 0.3) is 0 Å². The molecule has 2 heterocycles. The minimum Gasteiger partial charge on any atom is -0.338 e. The number of nitrogens with two attached hydrogens (primary N) is 1. The third-order valence-electron chi connectivity index (χ3n) is 4.19. The summed E-state index contributed by atoms with van der Waals surface area (Å²) in [6.45, 7) is 6.05. The van der Waals surface area contributed by atoms with Crippen LogP contribution >= 0.6 is 0 Å². The van der Waals surface area contributed by atoms with Gasteiger partial charge in [-0.3, -0.25) is 9.69 Å². The van der Waals surface area contributed by atoms with Gasteiger partial charge in [0.2, 0.25) is 5.89 Å². The Labute approximate surface area is 141 Å². The summed E-state index contributed by atoms with van der Waals surface area (Å²) in [4.78, 5) is 21.1. The first-order chi connectivity index (χ1) is 11.7. The molecule has 24 heavy (non-hydrogen) atoms. The molecule has 0 atom stereocenters. The number of nitrogens with zero attached hydrogens (tertiary/aromatic N) is 4. The molecule has 1 aliphatic heterocycles. The van der Waals surface area contributed by atoms with Gasteiger partial charge in [0.1, 0.15) is 0 Å². The van der Waals surface area contributed by atoms with Gasteiger partial charge in [-0.05, 0) is 25.5 Å². The second kappa shape index (κ2) is 7.55. The predicted molar refractivity (Wildman–Crippen MR) is 89.2 cm³/mol. The van der Waals surface area contributed by atoms with Crippen LogP contribution in [-0.2, 0) is 13.1 Å². The number of rotatable bonds is 4. The van der Waals surface area contributed by atoms with Crippen molar-refractivity contribution in [3.05, 3.63) is 47.1 Å². The summed E-state index contributed by atoms with van der Waals surface area (Å²) in [5, 5.41) is 3.93. The van der Waals surface area contributed by atoms with Gasteiger partial charge < -0.3 is 15.2 Å². The standard InChI is InChI=1S/C17H23N5O2/c1-13-4-2-5-14(10-13)17(23)22-7-3-6-21(8-9-22)12-15-19-16(11-18)24-20-15/h2,4-5,10H,3,6-9,11-12,18H2,1H3. The highest BCUT2D eigenvalue weighted by Gasteiger charge is 2.21. The van der Waals surface area contributed by atoms with E-state index in [1.807, 2.05) is 36.1 Å². The second-order valence-corrected chi connectivity index (χ2v) is 6.10. The molecule has 2 aromatic rings. The van der Waals surface area contributed by atoms with Crippen molar-refractivity contribution in [2.45, 2.75) is 26.4 Å². The van der Waals surface area contributed by atoms with Crippen LogP contribution in [0.15, 0.2) is 28.8 Å². The fourth-order valence-electron chi connectivity index (χ4n) is 2.93. The maximum atomic E-state index is 12.7. The van der Waals surface area contributed by atoms with Crippen molar-refractivity contribution in [2.75, 3.05) is 26.2 Å². The average Bonchev–Trinajstić information content (AvgIpc) is 2.91. The fraction of sp³-hybridized carbons (Fsp3) is 0.471. The molecule has 1 saturated heterocycles. The maximum absolute atomic E-state index is 12.7. The molecule has 0 unspecified atom stereocenters. The zero-order valence-electron chi connectivity index (χ0n) is 13.9. The first kappa shape index (κ1) is 16.6. The Kier molecular flexibility index (Phi) is 5.22. The number of aryl methyl sites for hydroxylation is 1.